The number of nitrogens with zero attached hydrogens (tertiary/aromatic N) is 1. The van der Waals surface area contributed by atoms with Gasteiger partial charge in [0.2, 0.25) is 5.91 Å². The molecule has 0 radical (unpaired) electrons. The molecule has 0 aromatic rings. The van der Waals surface area contributed by atoms with Crippen LogP contribution in [0, 0.1) is 17.8 Å². The first-order valence-corrected chi connectivity index (χ1v) is 8.87. The Labute approximate surface area is 120 Å². The lowest BCUT2D eigenvalue weighted by atomic mass is 9.95. The third-order valence-corrected chi connectivity index (χ3v) is 4.97. The zero-order valence-electron chi connectivity index (χ0n) is 12.2. The number of carboxylic acids is 1. The molecule has 1 aliphatic rings. The Morgan fingerprint density at radius 3 is 2.25 bits per heavy atom. The molecule has 116 valence electrons. The molecule has 0 bridgehead atoms. The van der Waals surface area contributed by atoms with Crippen molar-refractivity contribution in [1.29, 1.82) is 0 Å². The van der Waals surface area contributed by atoms with Gasteiger partial charge in [0.25, 0.3) is 0 Å². The van der Waals surface area contributed by atoms with Crippen molar-refractivity contribution in [3.05, 3.63) is 0 Å². The maximum atomic E-state index is 12.3. The fourth-order valence-electron chi connectivity index (χ4n) is 2.72. The van der Waals surface area contributed by atoms with Gasteiger partial charge in [0.15, 0.2) is 0 Å². The second-order valence-electron chi connectivity index (χ2n) is 5.69. The van der Waals surface area contributed by atoms with Crippen LogP contribution in [0.1, 0.15) is 26.2 Å². The fraction of sp³-hybridized carbons (Fsp3) is 0.846. The van der Waals surface area contributed by atoms with E-state index in [-0.39, 0.29) is 24.1 Å². The lowest BCUT2D eigenvalue weighted by Crippen LogP contribution is -2.39. The molecular weight excluding hydrogens is 282 g/mol. The molecule has 20 heavy (non-hydrogen) atoms. The predicted molar refractivity (Wildman–Crippen MR) is 75.0 cm³/mol. The molecule has 1 N–H and O–H groups in total. The number of hydrogen-bond acceptors (Lipinski definition) is 4. The number of carbonyl (C=O) groups excluding carboxylic acids is 1. The van der Waals surface area contributed by atoms with E-state index in [2.05, 4.69) is 0 Å². The van der Waals surface area contributed by atoms with E-state index in [0.29, 0.717) is 12.8 Å². The molecule has 1 rings (SSSR count). The van der Waals surface area contributed by atoms with Crippen LogP contribution in [0.25, 0.3) is 0 Å². The molecule has 7 heteroatoms. The summed E-state index contributed by atoms with van der Waals surface area (Å²) in [5.41, 5.74) is 0. The smallest absolute Gasteiger partial charge is 0.307 e. The summed E-state index contributed by atoms with van der Waals surface area (Å²) in [6.07, 6.45) is 3.09. The summed E-state index contributed by atoms with van der Waals surface area (Å²) in [5.74, 6) is -2.20. The highest BCUT2D eigenvalue weighted by Gasteiger charge is 2.43. The predicted octanol–water partition coefficient (Wildman–Crippen LogP) is 0.626. The molecule has 0 aromatic heterocycles. The molecule has 6 nitrogen and oxygen atoms in total. The maximum absolute atomic E-state index is 12.3. The Kier molecular flexibility index (Phi) is 5.56. The second-order valence-corrected chi connectivity index (χ2v) is 7.95. The van der Waals surface area contributed by atoms with Gasteiger partial charge in [0, 0.05) is 19.8 Å². The van der Waals surface area contributed by atoms with Crippen molar-refractivity contribution < 1.29 is 23.1 Å². The van der Waals surface area contributed by atoms with Crippen molar-refractivity contribution >= 4 is 21.7 Å². The van der Waals surface area contributed by atoms with Crippen LogP contribution in [0.4, 0.5) is 0 Å². The minimum absolute atomic E-state index is 0.100. The molecule has 1 amide bonds. The second kappa shape index (κ2) is 6.56. The van der Waals surface area contributed by atoms with E-state index in [4.69, 9.17) is 0 Å². The first-order valence-electron chi connectivity index (χ1n) is 6.81. The van der Waals surface area contributed by atoms with Crippen LogP contribution in [0.3, 0.4) is 0 Å². The molecule has 0 saturated heterocycles. The third kappa shape index (κ3) is 4.47. The van der Waals surface area contributed by atoms with Gasteiger partial charge in [-0.3, -0.25) is 9.59 Å². The van der Waals surface area contributed by atoms with E-state index >= 15 is 0 Å². The Balaban J connectivity index is 2.71. The van der Waals surface area contributed by atoms with Crippen LogP contribution in [-0.4, -0.2) is 55.9 Å². The van der Waals surface area contributed by atoms with Gasteiger partial charge in [0.05, 0.1) is 17.6 Å². The standard InChI is InChI=1S/C13H23NO5S/c1-4-9-7-10(11(8-9)13(16)17)12(15)14(2)5-6-20(3,18)19/h9-11H,4-8H2,1-3H3,(H,16,17). The average Bonchev–Trinajstić information content (AvgIpc) is 2.78. The van der Waals surface area contributed by atoms with Crippen LogP contribution in [0.5, 0.6) is 0 Å². The van der Waals surface area contributed by atoms with Gasteiger partial charge in [-0.25, -0.2) is 8.42 Å². The lowest BCUT2D eigenvalue weighted by molar-refractivity contribution is -0.148. The Morgan fingerprint density at radius 1 is 1.25 bits per heavy atom. The van der Waals surface area contributed by atoms with E-state index in [1.165, 1.54) is 11.9 Å². The molecule has 0 heterocycles. The van der Waals surface area contributed by atoms with Crippen molar-refractivity contribution in [3.8, 4) is 0 Å². The summed E-state index contributed by atoms with van der Waals surface area (Å²) in [6.45, 7) is 2.10. The molecule has 1 aliphatic carbocycles. The van der Waals surface area contributed by atoms with Crippen LogP contribution < -0.4 is 0 Å². The number of sulfone groups is 1. The average molecular weight is 305 g/mol. The van der Waals surface area contributed by atoms with Crippen molar-refractivity contribution in [3.63, 3.8) is 0 Å². The molecule has 0 spiro atoms. The van der Waals surface area contributed by atoms with Gasteiger partial charge in [-0.05, 0) is 18.8 Å². The SMILES string of the molecule is CCC1CC(C(=O)O)C(C(=O)N(C)CCS(C)(=O)=O)C1. The lowest BCUT2D eigenvalue weighted by Gasteiger charge is -2.23. The van der Waals surface area contributed by atoms with E-state index in [1.54, 1.807) is 0 Å². The van der Waals surface area contributed by atoms with Gasteiger partial charge in [0.1, 0.15) is 9.84 Å². The first kappa shape index (κ1) is 16.9. The number of rotatable bonds is 6. The number of amides is 1. The Morgan fingerprint density at radius 2 is 1.80 bits per heavy atom. The number of aliphatic carboxylic acids is 1. The zero-order chi connectivity index (χ0) is 15.5. The first-order chi connectivity index (χ1) is 9.15. The topological polar surface area (TPSA) is 91.8 Å². The third-order valence-electron chi connectivity index (χ3n) is 4.05. The number of hydrogen-bond donors (Lipinski definition) is 1. The van der Waals surface area contributed by atoms with E-state index < -0.39 is 27.6 Å². The molecule has 3 unspecified atom stereocenters. The van der Waals surface area contributed by atoms with Crippen LogP contribution in [0.15, 0.2) is 0 Å². The Bertz CT molecular complexity index is 473. The summed E-state index contributed by atoms with van der Waals surface area (Å²) in [6, 6.07) is 0. The van der Waals surface area contributed by atoms with E-state index in [1.807, 2.05) is 6.92 Å². The quantitative estimate of drug-likeness (QED) is 0.777. The minimum atomic E-state index is -3.13. The highest BCUT2D eigenvalue weighted by molar-refractivity contribution is 7.90. The minimum Gasteiger partial charge on any atom is -0.481 e. The van der Waals surface area contributed by atoms with E-state index in [9.17, 15) is 23.1 Å². The van der Waals surface area contributed by atoms with Crippen molar-refractivity contribution in [2.75, 3.05) is 25.6 Å². The molecule has 0 aliphatic heterocycles. The normalized spacial score (nSPS) is 26.4. The van der Waals surface area contributed by atoms with Gasteiger partial charge < -0.3 is 10.0 Å². The summed E-state index contributed by atoms with van der Waals surface area (Å²) in [7, 11) is -1.60. The van der Waals surface area contributed by atoms with Gasteiger partial charge >= 0.3 is 5.97 Å². The van der Waals surface area contributed by atoms with Crippen LogP contribution in [-0.2, 0) is 19.4 Å². The highest BCUT2D eigenvalue weighted by Crippen LogP contribution is 2.39. The zero-order valence-corrected chi connectivity index (χ0v) is 13.0. The van der Waals surface area contributed by atoms with Gasteiger partial charge in [-0.1, -0.05) is 13.3 Å². The molecular formula is C13H23NO5S. The Hall–Kier alpha value is -1.11. The van der Waals surface area contributed by atoms with Crippen LogP contribution >= 0.6 is 0 Å². The van der Waals surface area contributed by atoms with Crippen molar-refractivity contribution in [2.24, 2.45) is 17.8 Å². The monoisotopic (exact) mass is 305 g/mol. The van der Waals surface area contributed by atoms with Crippen molar-refractivity contribution in [2.45, 2.75) is 26.2 Å². The number of carboxylic acid groups (broad SMARTS) is 1. The molecule has 1 saturated carbocycles. The largest absolute Gasteiger partial charge is 0.481 e. The molecule has 1 fully saturated rings. The molecule has 0 aromatic carbocycles. The number of carbonyl (C=O) groups is 2. The molecule has 3 atom stereocenters. The highest BCUT2D eigenvalue weighted by atomic mass is 32.2. The van der Waals surface area contributed by atoms with E-state index in [0.717, 1.165) is 12.7 Å². The summed E-state index contributed by atoms with van der Waals surface area (Å²) in [4.78, 5) is 24.9. The summed E-state index contributed by atoms with van der Waals surface area (Å²) >= 11 is 0. The van der Waals surface area contributed by atoms with Gasteiger partial charge in [-0.15, -0.1) is 0 Å². The maximum Gasteiger partial charge on any atom is 0.307 e. The fourth-order valence-corrected chi connectivity index (χ4v) is 3.32. The van der Waals surface area contributed by atoms with Gasteiger partial charge in [-0.2, -0.15) is 0 Å². The summed E-state index contributed by atoms with van der Waals surface area (Å²) < 4.78 is 22.2. The van der Waals surface area contributed by atoms with Crippen LogP contribution in [0.2, 0.25) is 0 Å². The summed E-state index contributed by atoms with van der Waals surface area (Å²) in [5, 5.41) is 9.22. The van der Waals surface area contributed by atoms with Crippen molar-refractivity contribution in [1.82, 2.24) is 4.90 Å².